The first kappa shape index (κ1) is 13.2. The molecule has 3 fully saturated rings. The Balaban J connectivity index is 1.44. The van der Waals surface area contributed by atoms with Crippen molar-refractivity contribution in [3.8, 4) is 0 Å². The third-order valence-corrected chi connectivity index (χ3v) is 4.99. The average Bonchev–Trinajstić information content (AvgIpc) is 3.39. The van der Waals surface area contributed by atoms with Gasteiger partial charge in [-0.3, -0.25) is 9.69 Å². The summed E-state index contributed by atoms with van der Waals surface area (Å²) in [6.07, 6.45) is 9.64. The second-order valence-electron chi connectivity index (χ2n) is 6.54. The van der Waals surface area contributed by atoms with Crippen LogP contribution < -0.4 is 0 Å². The fraction of sp³-hybridized carbons (Fsp3) is 0.688. The molecule has 112 valence electrons. The van der Waals surface area contributed by atoms with Gasteiger partial charge in [0.1, 0.15) is 5.82 Å². The van der Waals surface area contributed by atoms with Gasteiger partial charge >= 0.3 is 0 Å². The Labute approximate surface area is 125 Å². The zero-order valence-corrected chi connectivity index (χ0v) is 12.4. The molecule has 1 amide bonds. The third kappa shape index (κ3) is 2.67. The van der Waals surface area contributed by atoms with Crippen LogP contribution >= 0.6 is 0 Å². The summed E-state index contributed by atoms with van der Waals surface area (Å²) in [5.41, 5.74) is 0.642. The van der Waals surface area contributed by atoms with E-state index >= 15 is 0 Å². The van der Waals surface area contributed by atoms with Gasteiger partial charge in [0, 0.05) is 44.0 Å². The molecule has 0 aromatic carbocycles. The van der Waals surface area contributed by atoms with Gasteiger partial charge in [0.25, 0.3) is 5.91 Å². The smallest absolute Gasteiger partial charge is 0.257 e. The molecule has 2 aliphatic heterocycles. The summed E-state index contributed by atoms with van der Waals surface area (Å²) in [5, 5.41) is 0. The molecule has 0 bridgehead atoms. The third-order valence-electron chi connectivity index (χ3n) is 4.99. The molecule has 4 rings (SSSR count). The number of rotatable bonds is 2. The Hall–Kier alpha value is -1.49. The van der Waals surface area contributed by atoms with Crippen LogP contribution in [0.25, 0.3) is 0 Å². The van der Waals surface area contributed by atoms with Crippen molar-refractivity contribution in [3.05, 3.63) is 23.8 Å². The van der Waals surface area contributed by atoms with Gasteiger partial charge in [-0.2, -0.15) is 0 Å². The lowest BCUT2D eigenvalue weighted by atomic mass is 9.99. The van der Waals surface area contributed by atoms with Crippen LogP contribution in [0.1, 0.15) is 54.2 Å². The Morgan fingerprint density at radius 2 is 1.86 bits per heavy atom. The lowest BCUT2D eigenvalue weighted by Crippen LogP contribution is -2.56. The molecule has 2 saturated heterocycles. The van der Waals surface area contributed by atoms with Crippen molar-refractivity contribution >= 4 is 5.91 Å². The van der Waals surface area contributed by atoms with Crippen LogP contribution in [-0.4, -0.2) is 57.9 Å². The first-order chi connectivity index (χ1) is 10.3. The van der Waals surface area contributed by atoms with Crippen molar-refractivity contribution in [2.75, 3.05) is 26.2 Å². The van der Waals surface area contributed by atoms with Gasteiger partial charge in [-0.1, -0.05) is 6.42 Å². The van der Waals surface area contributed by atoms with Gasteiger partial charge < -0.3 is 4.90 Å². The molecule has 1 unspecified atom stereocenters. The van der Waals surface area contributed by atoms with Crippen molar-refractivity contribution in [2.24, 2.45) is 0 Å². The van der Waals surface area contributed by atoms with E-state index < -0.39 is 0 Å². The molecule has 1 atom stereocenters. The molecule has 5 heteroatoms. The summed E-state index contributed by atoms with van der Waals surface area (Å²) in [6, 6.07) is 0.558. The van der Waals surface area contributed by atoms with Crippen molar-refractivity contribution in [1.82, 2.24) is 19.8 Å². The summed E-state index contributed by atoms with van der Waals surface area (Å²) < 4.78 is 0. The van der Waals surface area contributed by atoms with Crippen LogP contribution in [0.15, 0.2) is 12.4 Å². The maximum Gasteiger partial charge on any atom is 0.257 e. The lowest BCUT2D eigenvalue weighted by molar-refractivity contribution is 0.0372. The van der Waals surface area contributed by atoms with E-state index in [-0.39, 0.29) is 5.91 Å². The molecule has 1 aromatic heterocycles. The van der Waals surface area contributed by atoms with Crippen LogP contribution in [-0.2, 0) is 0 Å². The van der Waals surface area contributed by atoms with Gasteiger partial charge in [-0.25, -0.2) is 9.97 Å². The number of hydrogen-bond donors (Lipinski definition) is 0. The van der Waals surface area contributed by atoms with Crippen LogP contribution in [0.3, 0.4) is 0 Å². The number of piperazine rings is 1. The summed E-state index contributed by atoms with van der Waals surface area (Å²) in [7, 11) is 0. The van der Waals surface area contributed by atoms with E-state index in [1.54, 1.807) is 12.4 Å². The molecule has 1 aromatic rings. The Kier molecular flexibility index (Phi) is 3.37. The number of carbonyl (C=O) groups excluding carboxylic acids is 1. The monoisotopic (exact) mass is 286 g/mol. The maximum atomic E-state index is 12.6. The number of carbonyl (C=O) groups is 1. The van der Waals surface area contributed by atoms with Crippen molar-refractivity contribution in [2.45, 2.75) is 44.1 Å². The van der Waals surface area contributed by atoms with Crippen molar-refractivity contribution in [3.63, 3.8) is 0 Å². The molecule has 1 saturated carbocycles. The minimum atomic E-state index is 0.0996. The van der Waals surface area contributed by atoms with Crippen molar-refractivity contribution < 1.29 is 4.79 Å². The maximum absolute atomic E-state index is 12.6. The van der Waals surface area contributed by atoms with E-state index in [0.29, 0.717) is 17.5 Å². The largest absolute Gasteiger partial charge is 0.336 e. The predicted octanol–water partition coefficient (Wildman–Crippen LogP) is 1.66. The highest BCUT2D eigenvalue weighted by molar-refractivity contribution is 5.93. The predicted molar refractivity (Wildman–Crippen MR) is 79.1 cm³/mol. The molecule has 3 aliphatic rings. The van der Waals surface area contributed by atoms with Gasteiger partial charge in [-0.15, -0.1) is 0 Å². The lowest BCUT2D eigenvalue weighted by Gasteiger charge is -2.44. The standard InChI is InChI=1S/C16H22N4O/c21-16(13-9-17-15(18-10-13)12-4-5-12)20-8-7-19-6-2-1-3-14(19)11-20/h9-10,12,14H,1-8,11H2. The highest BCUT2D eigenvalue weighted by atomic mass is 16.2. The molecule has 1 aliphatic carbocycles. The summed E-state index contributed by atoms with van der Waals surface area (Å²) in [6.45, 7) is 3.91. The number of piperidine rings is 1. The quantitative estimate of drug-likeness (QED) is 0.830. The Morgan fingerprint density at radius 1 is 1.05 bits per heavy atom. The van der Waals surface area contributed by atoms with Gasteiger partial charge in [0.05, 0.1) is 5.56 Å². The van der Waals surface area contributed by atoms with E-state index in [9.17, 15) is 4.79 Å². The fourth-order valence-corrected chi connectivity index (χ4v) is 3.52. The van der Waals surface area contributed by atoms with Crippen LogP contribution in [0.5, 0.6) is 0 Å². The van der Waals surface area contributed by atoms with Crippen LogP contribution in [0.2, 0.25) is 0 Å². The van der Waals surface area contributed by atoms with E-state index in [2.05, 4.69) is 14.9 Å². The molecule has 3 heterocycles. The number of amides is 1. The average molecular weight is 286 g/mol. The number of hydrogen-bond acceptors (Lipinski definition) is 4. The number of nitrogens with zero attached hydrogens (tertiary/aromatic N) is 4. The first-order valence-corrected chi connectivity index (χ1v) is 8.16. The molecular weight excluding hydrogens is 264 g/mol. The molecule has 0 radical (unpaired) electrons. The van der Waals surface area contributed by atoms with Gasteiger partial charge in [0.2, 0.25) is 0 Å². The summed E-state index contributed by atoms with van der Waals surface area (Å²) >= 11 is 0. The molecular formula is C16H22N4O. The Morgan fingerprint density at radius 3 is 2.62 bits per heavy atom. The van der Waals surface area contributed by atoms with Crippen LogP contribution in [0, 0.1) is 0 Å². The van der Waals surface area contributed by atoms with Crippen molar-refractivity contribution in [1.29, 1.82) is 0 Å². The first-order valence-electron chi connectivity index (χ1n) is 8.16. The fourth-order valence-electron chi connectivity index (χ4n) is 3.52. The normalized spacial score (nSPS) is 26.5. The zero-order valence-electron chi connectivity index (χ0n) is 12.4. The van der Waals surface area contributed by atoms with E-state index in [0.717, 1.165) is 25.5 Å². The highest BCUT2D eigenvalue weighted by Crippen LogP contribution is 2.37. The summed E-state index contributed by atoms with van der Waals surface area (Å²) in [4.78, 5) is 25.9. The Bertz CT molecular complexity index is 526. The van der Waals surface area contributed by atoms with Gasteiger partial charge in [0.15, 0.2) is 0 Å². The SMILES string of the molecule is O=C(c1cnc(C2CC2)nc1)N1CCN2CCCCC2C1. The minimum absolute atomic E-state index is 0.0996. The number of fused-ring (bicyclic) bond motifs is 1. The second-order valence-corrected chi connectivity index (χ2v) is 6.54. The van der Waals surface area contributed by atoms with E-state index in [1.807, 2.05) is 4.90 Å². The van der Waals surface area contributed by atoms with Crippen LogP contribution in [0.4, 0.5) is 0 Å². The second kappa shape index (κ2) is 5.37. The number of aromatic nitrogens is 2. The molecule has 0 spiro atoms. The highest BCUT2D eigenvalue weighted by Gasteiger charge is 2.32. The minimum Gasteiger partial charge on any atom is -0.336 e. The van der Waals surface area contributed by atoms with Gasteiger partial charge in [-0.05, 0) is 32.2 Å². The topological polar surface area (TPSA) is 49.3 Å². The van der Waals surface area contributed by atoms with E-state index in [4.69, 9.17) is 0 Å². The zero-order chi connectivity index (χ0) is 14.2. The van der Waals surface area contributed by atoms with E-state index in [1.165, 1.54) is 38.6 Å². The molecule has 5 nitrogen and oxygen atoms in total. The molecule has 21 heavy (non-hydrogen) atoms. The summed E-state index contributed by atoms with van der Waals surface area (Å²) in [5.74, 6) is 1.55. The molecule has 0 N–H and O–H groups in total.